The quantitative estimate of drug-likeness (QED) is 0.776. The van der Waals surface area contributed by atoms with Gasteiger partial charge in [0.15, 0.2) is 0 Å². The maximum Gasteiger partial charge on any atom is 0.221 e. The monoisotopic (exact) mass is 194 g/mol. The molecule has 0 atom stereocenters. The minimum atomic E-state index is 0.125. The van der Waals surface area contributed by atoms with Crippen molar-refractivity contribution in [3.05, 3.63) is 23.5 Å². The molecule has 0 saturated carbocycles. The minimum absolute atomic E-state index is 0.125. The molecule has 78 valence electrons. The molecule has 3 heteroatoms. The van der Waals surface area contributed by atoms with Gasteiger partial charge in [-0.25, -0.2) is 0 Å². The first kappa shape index (κ1) is 10.8. The van der Waals surface area contributed by atoms with Crippen molar-refractivity contribution in [1.29, 1.82) is 0 Å². The number of carbonyl (C=O) groups is 1. The standard InChI is InChI=1S/C11H18N2O/c1-4-12-11(14)7-8-13-9(2)5-6-10(13)3/h5-6H,4,7-8H2,1-3H3,(H,12,14). The molecule has 0 spiro atoms. The average Bonchev–Trinajstić information content (AvgIpc) is 2.44. The molecule has 1 N–H and O–H groups in total. The first-order chi connectivity index (χ1) is 6.65. The number of rotatable bonds is 4. The van der Waals surface area contributed by atoms with E-state index in [1.807, 2.05) is 6.92 Å². The number of aryl methyl sites for hydroxylation is 2. The van der Waals surface area contributed by atoms with Crippen molar-refractivity contribution >= 4 is 5.91 Å². The van der Waals surface area contributed by atoms with Gasteiger partial charge >= 0.3 is 0 Å². The number of hydrogen-bond donors (Lipinski definition) is 1. The second-order valence-corrected chi connectivity index (χ2v) is 3.47. The lowest BCUT2D eigenvalue weighted by Crippen LogP contribution is -2.24. The molecular formula is C11H18N2O. The summed E-state index contributed by atoms with van der Waals surface area (Å²) in [5.74, 6) is 0.125. The van der Waals surface area contributed by atoms with Gasteiger partial charge in [0.25, 0.3) is 0 Å². The van der Waals surface area contributed by atoms with Crippen LogP contribution >= 0.6 is 0 Å². The Morgan fingerprint density at radius 1 is 1.36 bits per heavy atom. The summed E-state index contributed by atoms with van der Waals surface area (Å²) < 4.78 is 2.16. The number of aromatic nitrogens is 1. The highest BCUT2D eigenvalue weighted by Gasteiger charge is 2.03. The van der Waals surface area contributed by atoms with Crippen LogP contribution in [-0.2, 0) is 11.3 Å². The molecule has 1 aromatic rings. The lowest BCUT2D eigenvalue weighted by Gasteiger charge is -2.08. The number of hydrogen-bond acceptors (Lipinski definition) is 1. The maximum atomic E-state index is 11.2. The molecule has 14 heavy (non-hydrogen) atoms. The van der Waals surface area contributed by atoms with E-state index in [0.717, 1.165) is 6.54 Å². The lowest BCUT2D eigenvalue weighted by atomic mass is 10.3. The normalized spacial score (nSPS) is 10.2. The summed E-state index contributed by atoms with van der Waals surface area (Å²) in [6, 6.07) is 4.15. The van der Waals surface area contributed by atoms with Gasteiger partial charge in [0.2, 0.25) is 5.91 Å². The first-order valence-electron chi connectivity index (χ1n) is 5.04. The van der Waals surface area contributed by atoms with Gasteiger partial charge in [-0.15, -0.1) is 0 Å². The van der Waals surface area contributed by atoms with Gasteiger partial charge in [-0.1, -0.05) is 0 Å². The average molecular weight is 194 g/mol. The molecule has 0 aromatic carbocycles. The Balaban J connectivity index is 2.49. The van der Waals surface area contributed by atoms with Crippen molar-refractivity contribution in [1.82, 2.24) is 9.88 Å². The fourth-order valence-electron chi connectivity index (χ4n) is 1.55. The Morgan fingerprint density at radius 3 is 2.43 bits per heavy atom. The molecular weight excluding hydrogens is 176 g/mol. The van der Waals surface area contributed by atoms with Crippen LogP contribution < -0.4 is 5.32 Å². The van der Waals surface area contributed by atoms with Crippen molar-refractivity contribution in [2.75, 3.05) is 6.54 Å². The number of carbonyl (C=O) groups excluding carboxylic acids is 1. The van der Waals surface area contributed by atoms with E-state index in [-0.39, 0.29) is 5.91 Å². The number of nitrogens with zero attached hydrogens (tertiary/aromatic N) is 1. The highest BCUT2D eigenvalue weighted by atomic mass is 16.1. The molecule has 3 nitrogen and oxygen atoms in total. The van der Waals surface area contributed by atoms with Crippen LogP contribution in [0.1, 0.15) is 24.7 Å². The Hall–Kier alpha value is -1.25. The fourth-order valence-corrected chi connectivity index (χ4v) is 1.55. The Kier molecular flexibility index (Phi) is 3.74. The zero-order valence-electron chi connectivity index (χ0n) is 9.13. The summed E-state index contributed by atoms with van der Waals surface area (Å²) in [6.45, 7) is 7.54. The predicted octanol–water partition coefficient (Wildman–Crippen LogP) is 1.63. The number of amides is 1. The maximum absolute atomic E-state index is 11.2. The van der Waals surface area contributed by atoms with E-state index in [0.29, 0.717) is 13.0 Å². The van der Waals surface area contributed by atoms with Gasteiger partial charge in [-0.3, -0.25) is 4.79 Å². The topological polar surface area (TPSA) is 34.0 Å². The van der Waals surface area contributed by atoms with Gasteiger partial charge < -0.3 is 9.88 Å². The Bertz CT molecular complexity index is 296. The van der Waals surface area contributed by atoms with Crippen LogP contribution in [0.15, 0.2) is 12.1 Å². The van der Waals surface area contributed by atoms with Gasteiger partial charge in [0.05, 0.1) is 0 Å². The Labute approximate surface area is 85.1 Å². The molecule has 0 aliphatic carbocycles. The predicted molar refractivity (Wildman–Crippen MR) is 57.2 cm³/mol. The van der Waals surface area contributed by atoms with Crippen molar-refractivity contribution < 1.29 is 4.79 Å². The van der Waals surface area contributed by atoms with Crippen LogP contribution in [0.3, 0.4) is 0 Å². The highest BCUT2D eigenvalue weighted by molar-refractivity contribution is 5.75. The lowest BCUT2D eigenvalue weighted by molar-refractivity contribution is -0.121. The van der Waals surface area contributed by atoms with E-state index in [9.17, 15) is 4.79 Å². The molecule has 1 heterocycles. The van der Waals surface area contributed by atoms with Crippen LogP contribution in [0.4, 0.5) is 0 Å². The summed E-state index contributed by atoms with van der Waals surface area (Å²) in [5, 5.41) is 2.79. The molecule has 0 fully saturated rings. The fraction of sp³-hybridized carbons (Fsp3) is 0.545. The van der Waals surface area contributed by atoms with Gasteiger partial charge in [-0.05, 0) is 32.9 Å². The van der Waals surface area contributed by atoms with E-state index in [2.05, 4.69) is 35.9 Å². The molecule has 0 radical (unpaired) electrons. The highest BCUT2D eigenvalue weighted by Crippen LogP contribution is 2.07. The summed E-state index contributed by atoms with van der Waals surface area (Å²) in [5.41, 5.74) is 2.43. The second-order valence-electron chi connectivity index (χ2n) is 3.47. The van der Waals surface area contributed by atoms with Crippen molar-refractivity contribution in [3.63, 3.8) is 0 Å². The summed E-state index contributed by atoms with van der Waals surface area (Å²) in [6.07, 6.45) is 0.560. The Morgan fingerprint density at radius 2 is 1.93 bits per heavy atom. The molecule has 1 amide bonds. The zero-order chi connectivity index (χ0) is 10.6. The third-order valence-corrected chi connectivity index (χ3v) is 2.35. The third kappa shape index (κ3) is 2.62. The van der Waals surface area contributed by atoms with E-state index >= 15 is 0 Å². The largest absolute Gasteiger partial charge is 0.356 e. The molecule has 0 bridgehead atoms. The number of nitrogens with one attached hydrogen (secondary N) is 1. The SMILES string of the molecule is CCNC(=O)CCn1c(C)ccc1C. The third-order valence-electron chi connectivity index (χ3n) is 2.35. The van der Waals surface area contributed by atoms with Gasteiger partial charge in [-0.2, -0.15) is 0 Å². The minimum Gasteiger partial charge on any atom is -0.356 e. The second kappa shape index (κ2) is 4.84. The van der Waals surface area contributed by atoms with Gasteiger partial charge in [0, 0.05) is 30.9 Å². The van der Waals surface area contributed by atoms with Crippen LogP contribution in [0.5, 0.6) is 0 Å². The molecule has 0 aliphatic rings. The van der Waals surface area contributed by atoms with E-state index in [1.165, 1.54) is 11.4 Å². The van der Waals surface area contributed by atoms with Crippen molar-refractivity contribution in [2.45, 2.75) is 33.7 Å². The summed E-state index contributed by atoms with van der Waals surface area (Å²) >= 11 is 0. The molecule has 1 rings (SSSR count). The molecule has 1 aromatic heterocycles. The van der Waals surface area contributed by atoms with Crippen LogP contribution in [0.25, 0.3) is 0 Å². The smallest absolute Gasteiger partial charge is 0.221 e. The van der Waals surface area contributed by atoms with Crippen LogP contribution in [-0.4, -0.2) is 17.0 Å². The van der Waals surface area contributed by atoms with Crippen LogP contribution in [0, 0.1) is 13.8 Å². The van der Waals surface area contributed by atoms with Crippen LogP contribution in [0.2, 0.25) is 0 Å². The van der Waals surface area contributed by atoms with Gasteiger partial charge in [0.1, 0.15) is 0 Å². The molecule has 0 unspecified atom stereocenters. The summed E-state index contributed by atoms with van der Waals surface area (Å²) in [7, 11) is 0. The van der Waals surface area contributed by atoms with E-state index in [4.69, 9.17) is 0 Å². The van der Waals surface area contributed by atoms with Crippen molar-refractivity contribution in [3.8, 4) is 0 Å². The van der Waals surface area contributed by atoms with E-state index in [1.54, 1.807) is 0 Å². The van der Waals surface area contributed by atoms with Crippen molar-refractivity contribution in [2.24, 2.45) is 0 Å². The van der Waals surface area contributed by atoms with E-state index < -0.39 is 0 Å². The first-order valence-corrected chi connectivity index (χ1v) is 5.04. The molecule has 0 aliphatic heterocycles. The molecule has 0 saturated heterocycles. The summed E-state index contributed by atoms with van der Waals surface area (Å²) in [4.78, 5) is 11.2. The zero-order valence-corrected chi connectivity index (χ0v) is 9.13.